The van der Waals surface area contributed by atoms with Crippen molar-refractivity contribution in [2.45, 2.75) is 13.8 Å². The number of hydrogen-bond donors (Lipinski definition) is 2. The Kier molecular flexibility index (Phi) is 7.05. The van der Waals surface area contributed by atoms with E-state index in [0.29, 0.717) is 50.6 Å². The normalized spacial score (nSPS) is 11.0. The first-order valence-corrected chi connectivity index (χ1v) is 9.25. The standard InChI is InChI=1S/C20H26N4O4/c1-4-26-7-8-27-9-10-28-20-17-6-5-16(25-3)12-15(17)13-18(22-20)21-19-11-14(2)23-24-19/h5-6,11-13H,4,7-10H2,1-3H3,(H2,21,22,23,24). The predicted octanol–water partition coefficient (Wildman–Crippen LogP) is 3.45. The monoisotopic (exact) mass is 386 g/mol. The molecular weight excluding hydrogens is 360 g/mol. The molecule has 28 heavy (non-hydrogen) atoms. The topological polar surface area (TPSA) is 90.5 Å². The Morgan fingerprint density at radius 3 is 2.57 bits per heavy atom. The first-order valence-electron chi connectivity index (χ1n) is 9.25. The molecule has 8 nitrogen and oxygen atoms in total. The SMILES string of the molecule is CCOCCOCCOc1nc(Nc2cc(C)[nH]n2)cc2cc(OC)ccc12. The van der Waals surface area contributed by atoms with Crippen LogP contribution in [-0.2, 0) is 9.47 Å². The van der Waals surface area contributed by atoms with E-state index in [1.807, 2.05) is 44.2 Å². The molecule has 0 amide bonds. The summed E-state index contributed by atoms with van der Waals surface area (Å²) in [6.45, 7) is 6.57. The molecule has 0 aliphatic carbocycles. The van der Waals surface area contributed by atoms with Crippen LogP contribution in [0.15, 0.2) is 30.3 Å². The number of H-pyrrole nitrogens is 1. The quantitative estimate of drug-likeness (QED) is 0.488. The molecular formula is C20H26N4O4. The minimum absolute atomic E-state index is 0.394. The van der Waals surface area contributed by atoms with Crippen molar-refractivity contribution in [3.63, 3.8) is 0 Å². The molecule has 0 atom stereocenters. The minimum Gasteiger partial charge on any atom is -0.497 e. The number of anilines is 2. The lowest BCUT2D eigenvalue weighted by molar-refractivity contribution is 0.0401. The van der Waals surface area contributed by atoms with E-state index in [2.05, 4.69) is 20.5 Å². The zero-order valence-electron chi connectivity index (χ0n) is 16.4. The molecule has 0 bridgehead atoms. The van der Waals surface area contributed by atoms with Gasteiger partial charge in [0.25, 0.3) is 0 Å². The van der Waals surface area contributed by atoms with E-state index >= 15 is 0 Å². The van der Waals surface area contributed by atoms with Gasteiger partial charge in [0.15, 0.2) is 5.82 Å². The number of aromatic amines is 1. The Morgan fingerprint density at radius 2 is 1.82 bits per heavy atom. The van der Waals surface area contributed by atoms with Crippen LogP contribution in [0.5, 0.6) is 11.6 Å². The molecule has 0 aliphatic rings. The Morgan fingerprint density at radius 1 is 1.00 bits per heavy atom. The van der Waals surface area contributed by atoms with Crippen LogP contribution in [-0.4, -0.2) is 55.3 Å². The molecule has 0 saturated carbocycles. The number of aromatic nitrogens is 3. The van der Waals surface area contributed by atoms with Gasteiger partial charge in [-0.3, -0.25) is 5.10 Å². The Hall–Kier alpha value is -2.84. The summed E-state index contributed by atoms with van der Waals surface area (Å²) in [6, 6.07) is 9.62. The summed E-state index contributed by atoms with van der Waals surface area (Å²) < 4.78 is 22.0. The fraction of sp³-hybridized carbons (Fsp3) is 0.400. The van der Waals surface area contributed by atoms with Gasteiger partial charge in [0.1, 0.15) is 18.2 Å². The number of nitrogens with zero attached hydrogens (tertiary/aromatic N) is 2. The van der Waals surface area contributed by atoms with Crippen LogP contribution in [0.1, 0.15) is 12.6 Å². The molecule has 0 unspecified atom stereocenters. The maximum absolute atomic E-state index is 5.90. The average molecular weight is 386 g/mol. The number of benzene rings is 1. The van der Waals surface area contributed by atoms with Gasteiger partial charge in [0, 0.05) is 23.8 Å². The molecule has 150 valence electrons. The van der Waals surface area contributed by atoms with E-state index in [-0.39, 0.29) is 0 Å². The lowest BCUT2D eigenvalue weighted by Crippen LogP contribution is -2.11. The number of ether oxygens (including phenoxy) is 4. The Labute approximate surface area is 164 Å². The summed E-state index contributed by atoms with van der Waals surface area (Å²) in [5.41, 5.74) is 0.964. The number of rotatable bonds is 11. The van der Waals surface area contributed by atoms with Gasteiger partial charge in [-0.05, 0) is 43.5 Å². The number of fused-ring (bicyclic) bond motifs is 1. The van der Waals surface area contributed by atoms with Crippen molar-refractivity contribution in [3.8, 4) is 11.6 Å². The van der Waals surface area contributed by atoms with E-state index < -0.39 is 0 Å². The molecule has 8 heteroatoms. The third-order valence-corrected chi connectivity index (χ3v) is 4.01. The van der Waals surface area contributed by atoms with Gasteiger partial charge in [-0.1, -0.05) is 0 Å². The highest BCUT2D eigenvalue weighted by Crippen LogP contribution is 2.30. The van der Waals surface area contributed by atoms with Crippen molar-refractivity contribution in [1.82, 2.24) is 15.2 Å². The summed E-state index contributed by atoms with van der Waals surface area (Å²) in [7, 11) is 1.64. The summed E-state index contributed by atoms with van der Waals surface area (Å²) >= 11 is 0. The van der Waals surface area contributed by atoms with E-state index in [4.69, 9.17) is 18.9 Å². The van der Waals surface area contributed by atoms with Crippen molar-refractivity contribution < 1.29 is 18.9 Å². The Balaban J connectivity index is 1.74. The summed E-state index contributed by atoms with van der Waals surface area (Å²) in [4.78, 5) is 4.60. The lowest BCUT2D eigenvalue weighted by Gasteiger charge is -2.12. The molecule has 0 fully saturated rings. The molecule has 2 N–H and O–H groups in total. The highest BCUT2D eigenvalue weighted by Gasteiger charge is 2.10. The van der Waals surface area contributed by atoms with Crippen molar-refractivity contribution in [3.05, 3.63) is 36.0 Å². The summed E-state index contributed by atoms with van der Waals surface area (Å²) in [6.07, 6.45) is 0. The van der Waals surface area contributed by atoms with Gasteiger partial charge < -0.3 is 24.3 Å². The van der Waals surface area contributed by atoms with Crippen molar-refractivity contribution in [1.29, 1.82) is 0 Å². The van der Waals surface area contributed by atoms with Gasteiger partial charge in [-0.2, -0.15) is 10.1 Å². The fourth-order valence-electron chi connectivity index (χ4n) is 2.68. The van der Waals surface area contributed by atoms with Crippen LogP contribution in [0.4, 0.5) is 11.6 Å². The first-order chi connectivity index (χ1) is 13.7. The van der Waals surface area contributed by atoms with Crippen molar-refractivity contribution in [2.75, 3.05) is 45.5 Å². The first kappa shape index (κ1) is 19.9. The number of aryl methyl sites for hydroxylation is 1. The second-order valence-corrected chi connectivity index (χ2v) is 6.12. The van der Waals surface area contributed by atoms with Gasteiger partial charge in [-0.25, -0.2) is 0 Å². The van der Waals surface area contributed by atoms with Crippen molar-refractivity contribution >= 4 is 22.4 Å². The molecule has 1 aromatic carbocycles. The lowest BCUT2D eigenvalue weighted by atomic mass is 10.1. The van der Waals surface area contributed by atoms with Crippen LogP contribution in [0.25, 0.3) is 10.8 Å². The fourth-order valence-corrected chi connectivity index (χ4v) is 2.68. The summed E-state index contributed by atoms with van der Waals surface area (Å²) in [5, 5.41) is 12.1. The largest absolute Gasteiger partial charge is 0.497 e. The zero-order valence-corrected chi connectivity index (χ0v) is 16.4. The molecule has 0 saturated heterocycles. The van der Waals surface area contributed by atoms with Crippen LogP contribution in [0, 0.1) is 6.92 Å². The maximum Gasteiger partial charge on any atom is 0.223 e. The average Bonchev–Trinajstić information content (AvgIpc) is 3.11. The van der Waals surface area contributed by atoms with E-state index in [1.54, 1.807) is 7.11 Å². The maximum atomic E-state index is 5.90. The highest BCUT2D eigenvalue weighted by atomic mass is 16.5. The molecule has 2 aromatic heterocycles. The molecule has 0 spiro atoms. The van der Waals surface area contributed by atoms with Crippen LogP contribution in [0.3, 0.4) is 0 Å². The van der Waals surface area contributed by atoms with Crippen LogP contribution < -0.4 is 14.8 Å². The highest BCUT2D eigenvalue weighted by molar-refractivity contribution is 5.90. The number of methoxy groups -OCH3 is 1. The number of hydrogen-bond acceptors (Lipinski definition) is 7. The van der Waals surface area contributed by atoms with Gasteiger partial charge >= 0.3 is 0 Å². The van der Waals surface area contributed by atoms with E-state index in [0.717, 1.165) is 22.2 Å². The molecule has 3 aromatic rings. The second kappa shape index (κ2) is 9.91. The zero-order chi connectivity index (χ0) is 19.8. The molecule has 0 aliphatic heterocycles. The van der Waals surface area contributed by atoms with E-state index in [1.165, 1.54) is 0 Å². The van der Waals surface area contributed by atoms with Gasteiger partial charge in [0.05, 0.1) is 26.9 Å². The molecule has 2 heterocycles. The van der Waals surface area contributed by atoms with E-state index in [9.17, 15) is 0 Å². The minimum atomic E-state index is 0.394. The molecule has 0 radical (unpaired) electrons. The number of pyridine rings is 1. The van der Waals surface area contributed by atoms with Crippen LogP contribution in [0.2, 0.25) is 0 Å². The molecule has 3 rings (SSSR count). The van der Waals surface area contributed by atoms with Crippen molar-refractivity contribution in [2.24, 2.45) is 0 Å². The Bertz CT molecular complexity index is 897. The summed E-state index contributed by atoms with van der Waals surface area (Å²) in [5.74, 6) is 2.63. The van der Waals surface area contributed by atoms with Crippen LogP contribution >= 0.6 is 0 Å². The number of nitrogens with one attached hydrogen (secondary N) is 2. The van der Waals surface area contributed by atoms with Gasteiger partial charge in [0.2, 0.25) is 5.88 Å². The third kappa shape index (κ3) is 5.34. The predicted molar refractivity (Wildman–Crippen MR) is 108 cm³/mol. The third-order valence-electron chi connectivity index (χ3n) is 4.01. The van der Waals surface area contributed by atoms with Gasteiger partial charge in [-0.15, -0.1) is 0 Å². The second-order valence-electron chi connectivity index (χ2n) is 6.12. The smallest absolute Gasteiger partial charge is 0.223 e.